The number of carbonyl (C=O) groups excluding carboxylic acids is 1. The van der Waals surface area contributed by atoms with Crippen molar-refractivity contribution in [3.05, 3.63) is 30.1 Å². The quantitative estimate of drug-likeness (QED) is 0.929. The van der Waals surface area contributed by atoms with Gasteiger partial charge in [0.1, 0.15) is 0 Å². The van der Waals surface area contributed by atoms with Crippen molar-refractivity contribution >= 4 is 5.91 Å². The standard InChI is InChI=1S/C18H26N2O2/c1-2-18(22)10-5-6-14-12-20(13-16(14)18)17(21)9-8-15-7-3-4-11-19-15/h3-4,7,11,14,16,22H,2,5-6,8-10,12-13H2,1H3/t14-,16+,18-/m0/s1. The van der Waals surface area contributed by atoms with Crippen molar-refractivity contribution in [2.75, 3.05) is 13.1 Å². The highest BCUT2D eigenvalue weighted by molar-refractivity contribution is 5.76. The molecule has 1 aromatic rings. The number of fused-ring (bicyclic) bond motifs is 1. The van der Waals surface area contributed by atoms with E-state index in [0.717, 1.165) is 44.5 Å². The van der Waals surface area contributed by atoms with Gasteiger partial charge in [0.25, 0.3) is 0 Å². The van der Waals surface area contributed by atoms with Crippen molar-refractivity contribution in [2.45, 2.75) is 51.0 Å². The highest BCUT2D eigenvalue weighted by Gasteiger charge is 2.48. The predicted molar refractivity (Wildman–Crippen MR) is 85.2 cm³/mol. The van der Waals surface area contributed by atoms with E-state index >= 15 is 0 Å². The summed E-state index contributed by atoms with van der Waals surface area (Å²) in [6.07, 6.45) is 6.90. The molecule has 1 aliphatic carbocycles. The number of aromatic nitrogens is 1. The van der Waals surface area contributed by atoms with E-state index in [4.69, 9.17) is 0 Å². The van der Waals surface area contributed by atoms with Gasteiger partial charge in [-0.25, -0.2) is 0 Å². The Balaban J connectivity index is 1.58. The summed E-state index contributed by atoms with van der Waals surface area (Å²) in [5.41, 5.74) is 0.413. The molecule has 1 aromatic heterocycles. The Morgan fingerprint density at radius 2 is 2.32 bits per heavy atom. The van der Waals surface area contributed by atoms with Crippen LogP contribution in [0.15, 0.2) is 24.4 Å². The molecule has 1 amide bonds. The van der Waals surface area contributed by atoms with Crippen LogP contribution >= 0.6 is 0 Å². The van der Waals surface area contributed by atoms with E-state index in [0.29, 0.717) is 18.8 Å². The van der Waals surface area contributed by atoms with Gasteiger partial charge in [0.15, 0.2) is 0 Å². The number of aliphatic hydroxyl groups is 1. The number of nitrogens with zero attached hydrogens (tertiary/aromatic N) is 2. The van der Waals surface area contributed by atoms with Gasteiger partial charge >= 0.3 is 0 Å². The predicted octanol–water partition coefficient (Wildman–Crippen LogP) is 2.41. The van der Waals surface area contributed by atoms with Crippen LogP contribution in [0.1, 0.15) is 44.7 Å². The fourth-order valence-corrected chi connectivity index (χ4v) is 4.21. The fourth-order valence-electron chi connectivity index (χ4n) is 4.21. The average molecular weight is 302 g/mol. The van der Waals surface area contributed by atoms with E-state index < -0.39 is 5.60 Å². The van der Waals surface area contributed by atoms with E-state index in [1.165, 1.54) is 0 Å². The maximum atomic E-state index is 12.5. The van der Waals surface area contributed by atoms with Crippen LogP contribution in [0.2, 0.25) is 0 Å². The third-order valence-corrected chi connectivity index (χ3v) is 5.60. The van der Waals surface area contributed by atoms with Crippen LogP contribution in [0.5, 0.6) is 0 Å². The summed E-state index contributed by atoms with van der Waals surface area (Å²) in [4.78, 5) is 18.7. The van der Waals surface area contributed by atoms with Crippen LogP contribution in [0.4, 0.5) is 0 Å². The number of aryl methyl sites for hydroxylation is 1. The minimum absolute atomic E-state index is 0.207. The molecule has 4 nitrogen and oxygen atoms in total. The van der Waals surface area contributed by atoms with E-state index in [1.807, 2.05) is 23.1 Å². The normalized spacial score (nSPS) is 31.1. The first kappa shape index (κ1) is 15.5. The Morgan fingerprint density at radius 3 is 3.05 bits per heavy atom. The minimum Gasteiger partial charge on any atom is -0.390 e. The van der Waals surface area contributed by atoms with Crippen LogP contribution in [-0.4, -0.2) is 39.6 Å². The number of pyridine rings is 1. The number of carbonyl (C=O) groups is 1. The van der Waals surface area contributed by atoms with Crippen molar-refractivity contribution < 1.29 is 9.90 Å². The van der Waals surface area contributed by atoms with Crippen LogP contribution in [0.25, 0.3) is 0 Å². The summed E-state index contributed by atoms with van der Waals surface area (Å²) in [7, 11) is 0. The van der Waals surface area contributed by atoms with Gasteiger partial charge in [-0.3, -0.25) is 9.78 Å². The summed E-state index contributed by atoms with van der Waals surface area (Å²) < 4.78 is 0. The van der Waals surface area contributed by atoms with Crippen LogP contribution < -0.4 is 0 Å². The molecule has 120 valence electrons. The number of hydrogen-bond acceptors (Lipinski definition) is 3. The molecule has 0 aromatic carbocycles. The highest BCUT2D eigenvalue weighted by atomic mass is 16.3. The average Bonchev–Trinajstić information content (AvgIpc) is 3.00. The second kappa shape index (κ2) is 6.37. The molecule has 0 unspecified atom stereocenters. The molecule has 2 fully saturated rings. The van der Waals surface area contributed by atoms with Crippen molar-refractivity contribution in [2.24, 2.45) is 11.8 Å². The van der Waals surface area contributed by atoms with Crippen molar-refractivity contribution in [3.63, 3.8) is 0 Å². The molecule has 2 aliphatic rings. The molecule has 0 bridgehead atoms. The maximum Gasteiger partial charge on any atom is 0.222 e. The smallest absolute Gasteiger partial charge is 0.222 e. The number of hydrogen-bond donors (Lipinski definition) is 1. The zero-order valence-electron chi connectivity index (χ0n) is 13.4. The molecule has 22 heavy (non-hydrogen) atoms. The first-order valence-electron chi connectivity index (χ1n) is 8.52. The lowest BCUT2D eigenvalue weighted by molar-refractivity contribution is -0.130. The number of likely N-dealkylation sites (tertiary alicyclic amines) is 1. The Labute approximate surface area is 132 Å². The number of amides is 1. The molecular formula is C18H26N2O2. The van der Waals surface area contributed by atoms with Crippen LogP contribution in [0.3, 0.4) is 0 Å². The van der Waals surface area contributed by atoms with Gasteiger partial charge in [-0.05, 0) is 43.7 Å². The molecule has 1 N–H and O–H groups in total. The van der Waals surface area contributed by atoms with Crippen molar-refractivity contribution in [1.82, 2.24) is 9.88 Å². The third-order valence-electron chi connectivity index (χ3n) is 5.60. The Hall–Kier alpha value is -1.42. The number of rotatable bonds is 4. The lowest BCUT2D eigenvalue weighted by Gasteiger charge is -2.40. The van der Waals surface area contributed by atoms with Gasteiger partial charge < -0.3 is 10.0 Å². The van der Waals surface area contributed by atoms with Gasteiger partial charge in [-0.15, -0.1) is 0 Å². The van der Waals surface area contributed by atoms with Gasteiger partial charge in [0, 0.05) is 37.3 Å². The Morgan fingerprint density at radius 1 is 1.45 bits per heavy atom. The van der Waals surface area contributed by atoms with E-state index in [2.05, 4.69) is 11.9 Å². The van der Waals surface area contributed by atoms with Gasteiger partial charge in [0.05, 0.1) is 5.60 Å². The molecule has 2 heterocycles. The van der Waals surface area contributed by atoms with E-state index in [9.17, 15) is 9.90 Å². The topological polar surface area (TPSA) is 53.4 Å². The molecule has 3 atom stereocenters. The molecule has 0 radical (unpaired) electrons. The van der Waals surface area contributed by atoms with Crippen molar-refractivity contribution in [3.8, 4) is 0 Å². The zero-order chi connectivity index (χ0) is 15.6. The Kier molecular flexibility index (Phi) is 4.48. The zero-order valence-corrected chi connectivity index (χ0v) is 13.4. The summed E-state index contributed by atoms with van der Waals surface area (Å²) >= 11 is 0. The monoisotopic (exact) mass is 302 g/mol. The largest absolute Gasteiger partial charge is 0.390 e. The van der Waals surface area contributed by atoms with Gasteiger partial charge in [0.2, 0.25) is 5.91 Å². The summed E-state index contributed by atoms with van der Waals surface area (Å²) in [5, 5.41) is 10.8. The van der Waals surface area contributed by atoms with Crippen LogP contribution in [-0.2, 0) is 11.2 Å². The Bertz CT molecular complexity index is 519. The molecule has 1 aliphatic heterocycles. The summed E-state index contributed by atoms with van der Waals surface area (Å²) in [6.45, 7) is 3.62. The second-order valence-corrected chi connectivity index (χ2v) is 6.84. The van der Waals surface area contributed by atoms with Gasteiger partial charge in [-0.2, -0.15) is 0 Å². The van der Waals surface area contributed by atoms with E-state index in [-0.39, 0.29) is 11.8 Å². The minimum atomic E-state index is -0.557. The summed E-state index contributed by atoms with van der Waals surface area (Å²) in [6, 6.07) is 5.81. The molecule has 1 saturated carbocycles. The van der Waals surface area contributed by atoms with Crippen molar-refractivity contribution in [1.29, 1.82) is 0 Å². The lowest BCUT2D eigenvalue weighted by atomic mass is 9.69. The SMILES string of the molecule is CC[C@]1(O)CCC[C@H]2CN(C(=O)CCc3ccccn3)C[C@H]21. The van der Waals surface area contributed by atoms with E-state index in [1.54, 1.807) is 6.20 Å². The molecule has 1 saturated heterocycles. The third kappa shape index (κ3) is 3.02. The molecule has 4 heteroatoms. The maximum absolute atomic E-state index is 12.5. The molecular weight excluding hydrogens is 276 g/mol. The van der Waals surface area contributed by atoms with Gasteiger partial charge in [-0.1, -0.05) is 19.4 Å². The summed E-state index contributed by atoms with van der Waals surface area (Å²) in [5.74, 6) is 0.959. The first-order valence-corrected chi connectivity index (χ1v) is 8.52. The van der Waals surface area contributed by atoms with Crippen LogP contribution in [0, 0.1) is 11.8 Å². The second-order valence-electron chi connectivity index (χ2n) is 6.84. The molecule has 3 rings (SSSR count). The molecule has 0 spiro atoms. The highest BCUT2D eigenvalue weighted by Crippen LogP contribution is 2.44. The lowest BCUT2D eigenvalue weighted by Crippen LogP contribution is -2.44. The first-order chi connectivity index (χ1) is 10.6. The fraction of sp³-hybridized carbons (Fsp3) is 0.667.